The largest absolute Gasteiger partial charge is 0.397 e. The molecule has 1 unspecified atom stereocenters. The first-order valence-electron chi connectivity index (χ1n) is 9.01. The molecule has 0 fully saturated rings. The Kier molecular flexibility index (Phi) is 5.20. The molecule has 9 nitrogen and oxygen atoms in total. The normalized spacial score (nSPS) is 12.5. The van der Waals surface area contributed by atoms with Gasteiger partial charge >= 0.3 is 0 Å². The molecule has 0 radical (unpaired) electrons. The molecule has 3 N–H and O–H groups in total. The number of rotatable bonds is 6. The minimum absolute atomic E-state index is 0.181. The lowest BCUT2D eigenvalue weighted by molar-refractivity contribution is 0.0816. The van der Waals surface area contributed by atoms with Crippen LogP contribution in [0.25, 0.3) is 16.7 Å². The highest BCUT2D eigenvalue weighted by molar-refractivity contribution is 9.10. The summed E-state index contributed by atoms with van der Waals surface area (Å²) in [6, 6.07) is 7.32. The van der Waals surface area contributed by atoms with Gasteiger partial charge in [-0.3, -0.25) is 9.20 Å². The van der Waals surface area contributed by atoms with E-state index in [-0.39, 0.29) is 11.9 Å². The van der Waals surface area contributed by atoms with E-state index in [0.29, 0.717) is 35.8 Å². The van der Waals surface area contributed by atoms with Gasteiger partial charge in [0.25, 0.3) is 5.91 Å². The van der Waals surface area contributed by atoms with E-state index >= 15 is 0 Å². The number of nitrogens with two attached hydrogens (primary N) is 1. The molecular weight excluding hydrogens is 438 g/mol. The van der Waals surface area contributed by atoms with E-state index in [1.54, 1.807) is 15.3 Å². The number of carbonyl (C=O) groups is 1. The van der Waals surface area contributed by atoms with E-state index in [2.05, 4.69) is 36.5 Å². The van der Waals surface area contributed by atoms with Gasteiger partial charge in [-0.25, -0.2) is 9.67 Å². The summed E-state index contributed by atoms with van der Waals surface area (Å²) in [5.74, 6) is -0.210. The second-order valence-corrected chi connectivity index (χ2v) is 7.79. The zero-order valence-corrected chi connectivity index (χ0v) is 17.5. The topological polar surface area (TPSA) is 112 Å². The molecule has 3 aromatic heterocycles. The SMILES string of the molecule is CC(COCc1cc(N)c2nnn(C)c2c1)NC(=O)c1cnc2ccc(Br)cn12. The number of carbonyl (C=O) groups excluding carboxylic acids is 1. The lowest BCUT2D eigenvalue weighted by Crippen LogP contribution is -2.36. The van der Waals surface area contributed by atoms with Crippen LogP contribution in [0.15, 0.2) is 41.1 Å². The van der Waals surface area contributed by atoms with Crippen molar-refractivity contribution in [2.24, 2.45) is 7.05 Å². The standard InChI is InChI=1S/C19H20BrN7O2/c1-11(23-19(28)16-7-22-17-4-3-13(20)8-27(16)17)9-29-10-12-5-14(21)18-15(6-12)26(2)25-24-18/h3-8,11H,9-10,21H2,1-2H3,(H,23,28). The lowest BCUT2D eigenvalue weighted by Gasteiger charge is -2.14. The predicted molar refractivity (Wildman–Crippen MR) is 112 cm³/mol. The number of pyridine rings is 1. The van der Waals surface area contributed by atoms with Gasteiger partial charge in [0.2, 0.25) is 0 Å². The van der Waals surface area contributed by atoms with Crippen LogP contribution in [0.2, 0.25) is 0 Å². The number of halogens is 1. The van der Waals surface area contributed by atoms with E-state index < -0.39 is 0 Å². The number of fused-ring (bicyclic) bond motifs is 2. The predicted octanol–water partition coefficient (Wildman–Crippen LogP) is 2.30. The van der Waals surface area contributed by atoms with Crippen LogP contribution in [-0.2, 0) is 18.4 Å². The summed E-state index contributed by atoms with van der Waals surface area (Å²) in [7, 11) is 1.82. The van der Waals surface area contributed by atoms with Gasteiger partial charge in [0.05, 0.1) is 30.6 Å². The average Bonchev–Trinajstić information content (AvgIpc) is 3.25. The summed E-state index contributed by atoms with van der Waals surface area (Å²) in [4.78, 5) is 16.8. The van der Waals surface area contributed by atoms with Gasteiger partial charge in [0, 0.05) is 23.8 Å². The van der Waals surface area contributed by atoms with E-state index in [9.17, 15) is 4.79 Å². The molecule has 4 aromatic rings. The van der Waals surface area contributed by atoms with Crippen LogP contribution < -0.4 is 11.1 Å². The smallest absolute Gasteiger partial charge is 0.270 e. The Morgan fingerprint density at radius 1 is 1.38 bits per heavy atom. The molecule has 4 rings (SSSR count). The van der Waals surface area contributed by atoms with Crippen molar-refractivity contribution in [3.63, 3.8) is 0 Å². The monoisotopic (exact) mass is 457 g/mol. The van der Waals surface area contributed by atoms with E-state index in [0.717, 1.165) is 15.6 Å². The van der Waals surface area contributed by atoms with Crippen molar-refractivity contribution < 1.29 is 9.53 Å². The Morgan fingerprint density at radius 2 is 2.21 bits per heavy atom. The number of hydrogen-bond donors (Lipinski definition) is 2. The molecule has 1 atom stereocenters. The number of anilines is 1. The number of imidazole rings is 1. The van der Waals surface area contributed by atoms with E-state index in [1.807, 2.05) is 44.4 Å². The van der Waals surface area contributed by atoms with Crippen LogP contribution in [0.1, 0.15) is 23.0 Å². The Morgan fingerprint density at radius 3 is 3.03 bits per heavy atom. The van der Waals surface area contributed by atoms with Crippen molar-refractivity contribution in [1.82, 2.24) is 29.7 Å². The van der Waals surface area contributed by atoms with Crippen LogP contribution in [0.4, 0.5) is 5.69 Å². The fourth-order valence-electron chi connectivity index (χ4n) is 3.12. The lowest BCUT2D eigenvalue weighted by atomic mass is 10.2. The van der Waals surface area contributed by atoms with Crippen LogP contribution in [-0.4, -0.2) is 42.9 Å². The molecule has 0 bridgehead atoms. The number of aryl methyl sites for hydroxylation is 1. The number of benzene rings is 1. The molecule has 3 heterocycles. The summed E-state index contributed by atoms with van der Waals surface area (Å²) in [5, 5.41) is 11.0. The maximum atomic E-state index is 12.6. The van der Waals surface area contributed by atoms with Crippen LogP contribution >= 0.6 is 15.9 Å². The Labute approximate surface area is 175 Å². The van der Waals surface area contributed by atoms with Crippen LogP contribution in [0.5, 0.6) is 0 Å². The third-order valence-corrected chi connectivity index (χ3v) is 4.99. The van der Waals surface area contributed by atoms with E-state index in [1.165, 1.54) is 0 Å². The number of nitrogens with one attached hydrogen (secondary N) is 1. The first-order valence-corrected chi connectivity index (χ1v) is 9.80. The quantitative estimate of drug-likeness (QED) is 0.429. The Bertz CT molecular complexity index is 1200. The highest BCUT2D eigenvalue weighted by Gasteiger charge is 2.15. The third-order valence-electron chi connectivity index (χ3n) is 4.52. The Hall–Kier alpha value is -2.98. The molecule has 10 heteroatoms. The number of nitrogen functional groups attached to an aromatic ring is 1. The molecule has 0 saturated heterocycles. The third kappa shape index (κ3) is 3.94. The molecule has 1 aromatic carbocycles. The zero-order valence-electron chi connectivity index (χ0n) is 16.0. The van der Waals surface area contributed by atoms with Crippen molar-refractivity contribution in [3.05, 3.63) is 52.4 Å². The fraction of sp³-hybridized carbons (Fsp3) is 0.263. The molecule has 0 aliphatic rings. The number of nitrogens with zero attached hydrogens (tertiary/aromatic N) is 5. The van der Waals surface area contributed by atoms with Crippen LogP contribution in [0, 0.1) is 0 Å². The number of ether oxygens (including phenoxy) is 1. The molecule has 0 saturated carbocycles. The molecule has 0 aliphatic carbocycles. The van der Waals surface area contributed by atoms with E-state index in [4.69, 9.17) is 10.5 Å². The summed E-state index contributed by atoms with van der Waals surface area (Å²) in [6.07, 6.45) is 3.37. The second kappa shape index (κ2) is 7.80. The molecule has 150 valence electrons. The number of amides is 1. The first kappa shape index (κ1) is 19.3. The minimum atomic E-state index is -0.210. The maximum absolute atomic E-state index is 12.6. The number of aromatic nitrogens is 5. The van der Waals surface area contributed by atoms with Gasteiger partial charge in [-0.2, -0.15) is 0 Å². The molecule has 1 amide bonds. The van der Waals surface area contributed by atoms with Crippen molar-refractivity contribution in [2.45, 2.75) is 19.6 Å². The first-order chi connectivity index (χ1) is 13.9. The van der Waals surface area contributed by atoms with Crippen molar-refractivity contribution in [3.8, 4) is 0 Å². The molecule has 29 heavy (non-hydrogen) atoms. The van der Waals surface area contributed by atoms with Gasteiger partial charge < -0.3 is 15.8 Å². The zero-order chi connectivity index (χ0) is 20.5. The van der Waals surface area contributed by atoms with Gasteiger partial charge in [0.1, 0.15) is 16.9 Å². The number of hydrogen-bond acceptors (Lipinski definition) is 6. The van der Waals surface area contributed by atoms with Gasteiger partial charge in [0.15, 0.2) is 0 Å². The second-order valence-electron chi connectivity index (χ2n) is 6.87. The maximum Gasteiger partial charge on any atom is 0.270 e. The summed E-state index contributed by atoms with van der Waals surface area (Å²) < 4.78 is 10.1. The highest BCUT2D eigenvalue weighted by atomic mass is 79.9. The minimum Gasteiger partial charge on any atom is -0.397 e. The highest BCUT2D eigenvalue weighted by Crippen LogP contribution is 2.21. The van der Waals surface area contributed by atoms with Crippen molar-refractivity contribution in [1.29, 1.82) is 0 Å². The Balaban J connectivity index is 1.36. The average molecular weight is 458 g/mol. The fourth-order valence-corrected chi connectivity index (χ4v) is 3.45. The summed E-state index contributed by atoms with van der Waals surface area (Å²) in [6.45, 7) is 2.61. The molecular formula is C19H20BrN7O2. The van der Waals surface area contributed by atoms with Gasteiger partial charge in [-0.15, -0.1) is 5.10 Å². The van der Waals surface area contributed by atoms with Gasteiger partial charge in [-0.05, 0) is 52.7 Å². The summed E-state index contributed by atoms with van der Waals surface area (Å²) >= 11 is 3.41. The van der Waals surface area contributed by atoms with Crippen molar-refractivity contribution in [2.75, 3.05) is 12.3 Å². The van der Waals surface area contributed by atoms with Crippen LogP contribution in [0.3, 0.4) is 0 Å². The molecule has 0 spiro atoms. The van der Waals surface area contributed by atoms with Crippen molar-refractivity contribution >= 4 is 44.2 Å². The summed E-state index contributed by atoms with van der Waals surface area (Å²) in [5.41, 5.74) is 10.2. The molecule has 0 aliphatic heterocycles. The van der Waals surface area contributed by atoms with Gasteiger partial charge in [-0.1, -0.05) is 5.21 Å².